The number of hydrogen-bond donors (Lipinski definition) is 0. The van der Waals surface area contributed by atoms with Gasteiger partial charge in [0.25, 0.3) is 0 Å². The van der Waals surface area contributed by atoms with Crippen molar-refractivity contribution in [2.45, 2.75) is 0 Å². The van der Waals surface area contributed by atoms with Crippen molar-refractivity contribution in [3.63, 3.8) is 0 Å². The fraction of sp³-hybridized carbons (Fsp3) is 0. The summed E-state index contributed by atoms with van der Waals surface area (Å²) in [4.78, 5) is 15.2. The van der Waals surface area contributed by atoms with Gasteiger partial charge in [0, 0.05) is 49.5 Å². The van der Waals surface area contributed by atoms with Crippen LogP contribution in [0.15, 0.2) is 198 Å². The summed E-state index contributed by atoms with van der Waals surface area (Å²) in [5.74, 6) is 1.55. The zero-order valence-electron chi connectivity index (χ0n) is 36.7. The monoisotopic (exact) mass is 746 g/mol. The van der Waals surface area contributed by atoms with Gasteiger partial charge in [-0.3, -0.25) is 0 Å². The average molecular weight is 747 g/mol. The summed E-state index contributed by atoms with van der Waals surface area (Å²) >= 11 is 0. The van der Waals surface area contributed by atoms with Crippen molar-refractivity contribution in [1.29, 1.82) is 0 Å². The first-order chi connectivity index (χ1) is 31.2. The van der Waals surface area contributed by atoms with E-state index in [1.807, 2.05) is 97.1 Å². The maximum absolute atomic E-state index is 9.09. The Bertz CT molecular complexity index is 3770. The minimum Gasteiger partial charge on any atom is -0.455 e. The fourth-order valence-electron chi connectivity index (χ4n) is 8.16. The molecule has 12 rings (SSSR count). The molecule has 5 heteroatoms. The minimum absolute atomic E-state index is 0.0240. The molecule has 0 radical (unpaired) electrons. The highest BCUT2D eigenvalue weighted by molar-refractivity contribution is 6.13. The molecule has 5 nitrogen and oxygen atoms in total. The number of benzene rings is 9. The normalized spacial score (nSPS) is 13.2. The van der Waals surface area contributed by atoms with Crippen LogP contribution in [-0.2, 0) is 0 Å². The average Bonchev–Trinajstić information content (AvgIpc) is 3.89. The maximum Gasteiger partial charge on any atom is 0.164 e. The van der Waals surface area contributed by atoms with Gasteiger partial charge >= 0.3 is 0 Å². The molecule has 0 aliphatic rings. The van der Waals surface area contributed by atoms with Crippen LogP contribution in [0.5, 0.6) is 0 Å². The van der Waals surface area contributed by atoms with E-state index in [0.29, 0.717) is 34.3 Å². The third-order valence-electron chi connectivity index (χ3n) is 10.9. The number of furan rings is 1. The molecule has 0 amide bonds. The summed E-state index contributed by atoms with van der Waals surface area (Å²) < 4.78 is 61.6. The van der Waals surface area contributed by atoms with E-state index in [2.05, 4.69) is 48.5 Å². The van der Waals surface area contributed by atoms with Crippen molar-refractivity contribution < 1.29 is 12.6 Å². The Hall–Kier alpha value is -7.89. The Balaban J connectivity index is 1.10. The molecule has 0 atom stereocenters. The van der Waals surface area contributed by atoms with Crippen LogP contribution in [0.3, 0.4) is 0 Å². The first-order valence-electron chi connectivity index (χ1n) is 22.0. The largest absolute Gasteiger partial charge is 0.455 e. The van der Waals surface area contributed by atoms with Crippen LogP contribution in [0, 0.1) is 0 Å². The quantitative estimate of drug-likeness (QED) is 0.176. The van der Waals surface area contributed by atoms with E-state index in [-0.39, 0.29) is 58.1 Å². The van der Waals surface area contributed by atoms with Crippen LogP contribution in [0.4, 0.5) is 0 Å². The summed E-state index contributed by atoms with van der Waals surface area (Å²) in [5, 5.41) is 6.36. The Kier molecular flexibility index (Phi) is 5.94. The number of fused-ring (bicyclic) bond motifs is 8. The molecule has 58 heavy (non-hydrogen) atoms. The van der Waals surface area contributed by atoms with E-state index >= 15 is 0 Å². The molecule has 12 aromatic rings. The SMILES string of the molecule is [2H]c1cc([2H])c2c(c1[2H])c1c([2H])c([2H])cc([2H])c1n2-c1cc(-c2ccccc2)c2oc3cc(-c4nc(-c5ccc6ccccc6c5)nc(-c5ccc6ccccc6c5)n4)ccc3c2c1. The standard InChI is InChI=1S/C53H32N4O/c1-2-14-35(15-3-1)45-31-41(57-47-20-10-8-18-42(47)43-19-9-11-21-48(43)57)32-46-44-27-26-40(30-49(44)58-50(45)46)53-55-51(38-24-22-33-12-4-6-16-36(33)28-38)54-52(56-53)39-25-23-34-13-5-7-17-37(34)29-39/h1-32H/i8D,9D,18D,19D,20D,21D. The van der Waals surface area contributed by atoms with E-state index < -0.39 is 0 Å². The van der Waals surface area contributed by atoms with Crippen LogP contribution in [-0.4, -0.2) is 19.5 Å². The minimum atomic E-state index is -0.165. The number of hydrogen-bond acceptors (Lipinski definition) is 4. The first-order valence-corrected chi connectivity index (χ1v) is 19.0. The summed E-state index contributed by atoms with van der Waals surface area (Å²) in [7, 11) is 0. The van der Waals surface area contributed by atoms with Gasteiger partial charge in [0.2, 0.25) is 0 Å². The predicted molar refractivity (Wildman–Crippen MR) is 238 cm³/mol. The summed E-state index contributed by atoms with van der Waals surface area (Å²) in [6.07, 6.45) is 0. The van der Waals surface area contributed by atoms with Crippen LogP contribution < -0.4 is 0 Å². The van der Waals surface area contributed by atoms with E-state index in [1.54, 1.807) is 4.57 Å². The van der Waals surface area contributed by atoms with E-state index in [4.69, 9.17) is 27.6 Å². The van der Waals surface area contributed by atoms with Crippen LogP contribution in [0.1, 0.15) is 8.22 Å². The second kappa shape index (κ2) is 12.8. The Labute approximate surface area is 341 Å². The lowest BCUT2D eigenvalue weighted by atomic mass is 10.0. The van der Waals surface area contributed by atoms with Crippen LogP contribution in [0.2, 0.25) is 0 Å². The second-order valence-electron chi connectivity index (χ2n) is 14.4. The molecule has 3 aromatic heterocycles. The molecule has 0 N–H and O–H groups in total. The van der Waals surface area contributed by atoms with Crippen molar-refractivity contribution in [2.24, 2.45) is 0 Å². The molecule has 0 aliphatic heterocycles. The lowest BCUT2D eigenvalue weighted by molar-refractivity contribution is 0.670. The second-order valence-corrected chi connectivity index (χ2v) is 14.4. The van der Waals surface area contributed by atoms with Gasteiger partial charge in [0.1, 0.15) is 11.2 Å². The number of para-hydroxylation sites is 2. The molecule has 0 unspecified atom stereocenters. The molecule has 270 valence electrons. The van der Waals surface area contributed by atoms with Gasteiger partial charge in [-0.25, -0.2) is 15.0 Å². The molecule has 0 fully saturated rings. The lowest BCUT2D eigenvalue weighted by Crippen LogP contribution is -2.00. The van der Waals surface area contributed by atoms with E-state index in [0.717, 1.165) is 60.1 Å². The fourth-order valence-corrected chi connectivity index (χ4v) is 8.16. The summed E-state index contributed by atoms with van der Waals surface area (Å²) in [5.41, 5.74) is 6.43. The number of aromatic nitrogens is 4. The first kappa shape index (κ1) is 26.8. The third kappa shape index (κ3) is 5.21. The van der Waals surface area contributed by atoms with E-state index in [1.165, 1.54) is 12.1 Å². The smallest absolute Gasteiger partial charge is 0.164 e. The molecule has 0 spiro atoms. The third-order valence-corrected chi connectivity index (χ3v) is 10.9. The predicted octanol–water partition coefficient (Wildman–Crippen LogP) is 13.8. The maximum atomic E-state index is 9.09. The molecule has 0 saturated carbocycles. The van der Waals surface area contributed by atoms with Gasteiger partial charge in [-0.05, 0) is 75.6 Å². The zero-order valence-corrected chi connectivity index (χ0v) is 30.7. The lowest BCUT2D eigenvalue weighted by Gasteiger charge is -2.11. The van der Waals surface area contributed by atoms with Crippen molar-refractivity contribution in [2.75, 3.05) is 0 Å². The van der Waals surface area contributed by atoms with Gasteiger partial charge in [-0.1, -0.05) is 145 Å². The molecule has 0 bridgehead atoms. The van der Waals surface area contributed by atoms with Gasteiger partial charge < -0.3 is 8.98 Å². The van der Waals surface area contributed by atoms with Gasteiger partial charge in [-0.15, -0.1) is 0 Å². The Morgan fingerprint density at radius 2 is 0.948 bits per heavy atom. The zero-order chi connectivity index (χ0) is 43.4. The molecular formula is C53H32N4O. The van der Waals surface area contributed by atoms with Crippen molar-refractivity contribution in [3.05, 3.63) is 194 Å². The number of rotatable bonds is 5. The van der Waals surface area contributed by atoms with E-state index in [9.17, 15) is 0 Å². The van der Waals surface area contributed by atoms with Gasteiger partial charge in [-0.2, -0.15) is 0 Å². The van der Waals surface area contributed by atoms with Gasteiger partial charge in [0.15, 0.2) is 17.5 Å². The Morgan fingerprint density at radius 3 is 1.55 bits per heavy atom. The van der Waals surface area contributed by atoms with Crippen LogP contribution >= 0.6 is 0 Å². The molecule has 9 aromatic carbocycles. The highest BCUT2D eigenvalue weighted by Crippen LogP contribution is 2.41. The highest BCUT2D eigenvalue weighted by atomic mass is 16.3. The highest BCUT2D eigenvalue weighted by Gasteiger charge is 2.20. The van der Waals surface area contributed by atoms with Crippen molar-refractivity contribution in [3.8, 4) is 51.0 Å². The molecule has 0 aliphatic carbocycles. The molecule has 3 heterocycles. The van der Waals surface area contributed by atoms with Crippen molar-refractivity contribution >= 4 is 65.3 Å². The summed E-state index contributed by atoms with van der Waals surface area (Å²) in [6.45, 7) is 0. The van der Waals surface area contributed by atoms with Crippen LogP contribution in [0.25, 0.3) is 116 Å². The van der Waals surface area contributed by atoms with Gasteiger partial charge in [0.05, 0.1) is 19.3 Å². The topological polar surface area (TPSA) is 56.7 Å². The van der Waals surface area contributed by atoms with Crippen molar-refractivity contribution in [1.82, 2.24) is 19.5 Å². The molecular weight excluding hydrogens is 709 g/mol. The summed E-state index contributed by atoms with van der Waals surface area (Å²) in [6, 6.07) is 50.4. The molecule has 0 saturated heterocycles. The number of nitrogens with zero attached hydrogens (tertiary/aromatic N) is 4. The Morgan fingerprint density at radius 1 is 0.414 bits per heavy atom.